The highest BCUT2D eigenvalue weighted by Gasteiger charge is 2.12. The molecule has 21 heavy (non-hydrogen) atoms. The maximum absolute atomic E-state index is 13.0. The molecule has 0 aliphatic heterocycles. The lowest BCUT2D eigenvalue weighted by atomic mass is 10.1. The first-order valence-electron chi connectivity index (χ1n) is 7.06. The molecular weight excluding hydrogens is 333 g/mol. The Morgan fingerprint density at radius 1 is 1.19 bits per heavy atom. The Morgan fingerprint density at radius 3 is 2.57 bits per heavy atom. The zero-order chi connectivity index (χ0) is 15.2. The summed E-state index contributed by atoms with van der Waals surface area (Å²) in [5.41, 5.74) is 1.07. The van der Waals surface area contributed by atoms with Crippen molar-refractivity contribution in [3.8, 4) is 11.5 Å². The molecule has 2 aromatic rings. The van der Waals surface area contributed by atoms with E-state index in [9.17, 15) is 4.39 Å². The van der Waals surface area contributed by atoms with Gasteiger partial charge < -0.3 is 10.1 Å². The highest BCUT2D eigenvalue weighted by Crippen LogP contribution is 2.32. The van der Waals surface area contributed by atoms with Crippen molar-refractivity contribution in [2.75, 3.05) is 6.54 Å². The van der Waals surface area contributed by atoms with Gasteiger partial charge in [0, 0.05) is 16.1 Å². The Balaban J connectivity index is 2.23. The third kappa shape index (κ3) is 4.55. The maximum atomic E-state index is 13.0. The van der Waals surface area contributed by atoms with Gasteiger partial charge in [0.05, 0.1) is 0 Å². The van der Waals surface area contributed by atoms with E-state index in [1.807, 2.05) is 18.2 Å². The van der Waals surface area contributed by atoms with Gasteiger partial charge in [-0.25, -0.2) is 4.39 Å². The molecule has 0 saturated carbocycles. The second-order valence-corrected chi connectivity index (χ2v) is 5.83. The molecule has 0 saturated heterocycles. The molecule has 112 valence electrons. The summed E-state index contributed by atoms with van der Waals surface area (Å²) < 4.78 is 19.9. The summed E-state index contributed by atoms with van der Waals surface area (Å²) in [6, 6.07) is 12.1. The van der Waals surface area contributed by atoms with E-state index in [1.165, 1.54) is 12.1 Å². The van der Waals surface area contributed by atoms with Gasteiger partial charge in [0.1, 0.15) is 17.3 Å². The summed E-state index contributed by atoms with van der Waals surface area (Å²) >= 11 is 3.49. The standard InChI is InChI=1S/C17H19BrFNO/c1-3-10-20-12(2)16-11-13(18)4-9-17(16)21-15-7-5-14(19)6-8-15/h4-9,11-12,20H,3,10H2,1-2H3. The predicted molar refractivity (Wildman–Crippen MR) is 87.3 cm³/mol. The van der Waals surface area contributed by atoms with Crippen molar-refractivity contribution in [1.82, 2.24) is 5.32 Å². The van der Waals surface area contributed by atoms with E-state index in [0.717, 1.165) is 28.8 Å². The molecule has 0 aromatic heterocycles. The fourth-order valence-corrected chi connectivity index (χ4v) is 2.43. The normalized spacial score (nSPS) is 12.2. The van der Waals surface area contributed by atoms with Crippen molar-refractivity contribution in [3.63, 3.8) is 0 Å². The van der Waals surface area contributed by atoms with E-state index in [-0.39, 0.29) is 11.9 Å². The molecule has 1 N–H and O–H groups in total. The molecule has 0 spiro atoms. The van der Waals surface area contributed by atoms with Crippen molar-refractivity contribution >= 4 is 15.9 Å². The van der Waals surface area contributed by atoms with Gasteiger partial charge in [0.25, 0.3) is 0 Å². The van der Waals surface area contributed by atoms with E-state index in [2.05, 4.69) is 35.1 Å². The summed E-state index contributed by atoms with van der Waals surface area (Å²) in [6.45, 7) is 5.19. The van der Waals surface area contributed by atoms with Crippen LogP contribution in [0.25, 0.3) is 0 Å². The molecule has 2 rings (SSSR count). The van der Waals surface area contributed by atoms with Crippen LogP contribution in [-0.4, -0.2) is 6.54 Å². The molecule has 2 aromatic carbocycles. The molecule has 1 unspecified atom stereocenters. The summed E-state index contributed by atoms with van der Waals surface area (Å²) in [7, 11) is 0. The number of ether oxygens (including phenoxy) is 1. The first-order valence-corrected chi connectivity index (χ1v) is 7.85. The minimum atomic E-state index is -0.267. The highest BCUT2D eigenvalue weighted by atomic mass is 79.9. The van der Waals surface area contributed by atoms with Crippen molar-refractivity contribution < 1.29 is 9.13 Å². The van der Waals surface area contributed by atoms with Gasteiger partial charge in [-0.15, -0.1) is 0 Å². The molecule has 0 amide bonds. The number of benzene rings is 2. The molecule has 1 atom stereocenters. The molecule has 4 heteroatoms. The zero-order valence-electron chi connectivity index (χ0n) is 12.2. The van der Waals surface area contributed by atoms with Crippen molar-refractivity contribution in [2.45, 2.75) is 26.3 Å². The lowest BCUT2D eigenvalue weighted by molar-refractivity contribution is 0.459. The first kappa shape index (κ1) is 16.0. The lowest BCUT2D eigenvalue weighted by Gasteiger charge is -2.18. The van der Waals surface area contributed by atoms with Crippen LogP contribution in [0.15, 0.2) is 46.9 Å². The topological polar surface area (TPSA) is 21.3 Å². The van der Waals surface area contributed by atoms with Crippen LogP contribution in [0.5, 0.6) is 11.5 Å². The van der Waals surface area contributed by atoms with Crippen molar-refractivity contribution in [3.05, 3.63) is 58.3 Å². The molecule has 2 nitrogen and oxygen atoms in total. The number of rotatable bonds is 6. The Bertz CT molecular complexity index is 586. The minimum Gasteiger partial charge on any atom is -0.457 e. The lowest BCUT2D eigenvalue weighted by Crippen LogP contribution is -2.19. The Hall–Kier alpha value is -1.39. The average molecular weight is 352 g/mol. The van der Waals surface area contributed by atoms with Gasteiger partial charge in [-0.1, -0.05) is 22.9 Å². The van der Waals surface area contributed by atoms with Gasteiger partial charge in [-0.05, 0) is 62.4 Å². The maximum Gasteiger partial charge on any atom is 0.132 e. The van der Waals surface area contributed by atoms with E-state index in [1.54, 1.807) is 12.1 Å². The molecule has 0 bridgehead atoms. The average Bonchev–Trinajstić information content (AvgIpc) is 2.49. The first-order chi connectivity index (χ1) is 10.1. The van der Waals surface area contributed by atoms with E-state index < -0.39 is 0 Å². The fraction of sp³-hybridized carbons (Fsp3) is 0.294. The summed E-state index contributed by atoms with van der Waals surface area (Å²) in [5, 5.41) is 3.45. The van der Waals surface area contributed by atoms with Gasteiger partial charge in [-0.2, -0.15) is 0 Å². The van der Waals surface area contributed by atoms with Crippen LogP contribution in [0, 0.1) is 5.82 Å². The van der Waals surface area contributed by atoms with Gasteiger partial charge >= 0.3 is 0 Å². The summed E-state index contributed by atoms with van der Waals surface area (Å²) in [5.74, 6) is 1.14. The SMILES string of the molecule is CCCNC(C)c1cc(Br)ccc1Oc1ccc(F)cc1. The van der Waals surface area contributed by atoms with Crippen LogP contribution < -0.4 is 10.1 Å². The van der Waals surface area contributed by atoms with Gasteiger partial charge in [0.15, 0.2) is 0 Å². The molecule has 0 fully saturated rings. The van der Waals surface area contributed by atoms with E-state index in [4.69, 9.17) is 4.74 Å². The van der Waals surface area contributed by atoms with Crippen LogP contribution in [0.1, 0.15) is 31.9 Å². The molecule has 0 radical (unpaired) electrons. The number of halogens is 2. The summed E-state index contributed by atoms with van der Waals surface area (Å²) in [4.78, 5) is 0. The second-order valence-electron chi connectivity index (χ2n) is 4.91. The molecule has 0 aliphatic carbocycles. The van der Waals surface area contributed by atoms with Crippen LogP contribution in [0.2, 0.25) is 0 Å². The number of nitrogens with one attached hydrogen (secondary N) is 1. The Kier molecular flexibility index (Phi) is 5.76. The Morgan fingerprint density at radius 2 is 1.90 bits per heavy atom. The second kappa shape index (κ2) is 7.57. The molecule has 0 heterocycles. The third-order valence-electron chi connectivity index (χ3n) is 3.18. The zero-order valence-corrected chi connectivity index (χ0v) is 13.8. The quantitative estimate of drug-likeness (QED) is 0.747. The highest BCUT2D eigenvalue weighted by molar-refractivity contribution is 9.10. The number of hydrogen-bond acceptors (Lipinski definition) is 2. The van der Waals surface area contributed by atoms with Gasteiger partial charge in [0.2, 0.25) is 0 Å². The summed E-state index contributed by atoms with van der Waals surface area (Å²) in [6.07, 6.45) is 1.08. The Labute approximate surface area is 133 Å². The molecule has 0 aliphatic rings. The predicted octanol–water partition coefficient (Wildman–Crippen LogP) is 5.44. The minimum absolute atomic E-state index is 0.179. The third-order valence-corrected chi connectivity index (χ3v) is 3.67. The monoisotopic (exact) mass is 351 g/mol. The number of hydrogen-bond donors (Lipinski definition) is 1. The van der Waals surface area contributed by atoms with E-state index >= 15 is 0 Å². The van der Waals surface area contributed by atoms with Crippen LogP contribution in [-0.2, 0) is 0 Å². The van der Waals surface area contributed by atoms with Crippen LogP contribution >= 0.6 is 15.9 Å². The fourth-order valence-electron chi connectivity index (χ4n) is 2.05. The van der Waals surface area contributed by atoms with E-state index in [0.29, 0.717) is 5.75 Å². The van der Waals surface area contributed by atoms with Crippen LogP contribution in [0.4, 0.5) is 4.39 Å². The smallest absolute Gasteiger partial charge is 0.132 e. The van der Waals surface area contributed by atoms with Crippen LogP contribution in [0.3, 0.4) is 0 Å². The van der Waals surface area contributed by atoms with Gasteiger partial charge in [-0.3, -0.25) is 0 Å². The van der Waals surface area contributed by atoms with Crippen molar-refractivity contribution in [2.24, 2.45) is 0 Å². The largest absolute Gasteiger partial charge is 0.457 e. The molecular formula is C17H19BrFNO. The van der Waals surface area contributed by atoms with Crippen molar-refractivity contribution in [1.29, 1.82) is 0 Å².